The van der Waals surface area contributed by atoms with Crippen molar-refractivity contribution in [1.82, 2.24) is 0 Å². The first-order valence-electron chi connectivity index (χ1n) is 20.8. The summed E-state index contributed by atoms with van der Waals surface area (Å²) in [5.74, 6) is 1.76. The van der Waals surface area contributed by atoms with Crippen LogP contribution in [0.15, 0.2) is 30.3 Å². The third-order valence-corrected chi connectivity index (χ3v) is 11.2. The zero-order valence-corrected chi connectivity index (χ0v) is 37.0. The fourth-order valence-corrected chi connectivity index (χ4v) is 7.69. The molecule has 0 saturated carbocycles. The molecule has 0 aliphatic rings. The van der Waals surface area contributed by atoms with Crippen molar-refractivity contribution < 1.29 is 13.6 Å². The van der Waals surface area contributed by atoms with Gasteiger partial charge in [-0.2, -0.15) is 0 Å². The van der Waals surface area contributed by atoms with E-state index in [-0.39, 0.29) is 21.7 Å². The van der Waals surface area contributed by atoms with Crippen molar-refractivity contribution in [2.45, 2.75) is 221 Å². The summed E-state index contributed by atoms with van der Waals surface area (Å²) in [4.78, 5) is 0. The molecular formula is C47H81O3P. The monoisotopic (exact) mass is 725 g/mol. The predicted octanol–water partition coefficient (Wildman–Crippen LogP) is 16.1. The van der Waals surface area contributed by atoms with Gasteiger partial charge in [-0.25, -0.2) is 0 Å². The minimum absolute atomic E-state index is 0.0463. The van der Waals surface area contributed by atoms with Crippen LogP contribution in [0.3, 0.4) is 0 Å². The Kier molecular flexibility index (Phi) is 19.1. The van der Waals surface area contributed by atoms with Crippen LogP contribution in [0.5, 0.6) is 11.5 Å². The maximum Gasteiger partial charge on any atom is 0.463 e. The van der Waals surface area contributed by atoms with Gasteiger partial charge in [-0.3, -0.25) is 4.52 Å². The van der Waals surface area contributed by atoms with E-state index in [0.717, 1.165) is 23.5 Å². The Morgan fingerprint density at radius 2 is 0.902 bits per heavy atom. The van der Waals surface area contributed by atoms with Crippen LogP contribution in [0.25, 0.3) is 0 Å². The highest BCUT2D eigenvalue weighted by Crippen LogP contribution is 2.49. The second-order valence-electron chi connectivity index (χ2n) is 19.4. The van der Waals surface area contributed by atoms with Gasteiger partial charge in [-0.1, -0.05) is 211 Å². The average Bonchev–Trinajstić information content (AvgIpc) is 3.01. The van der Waals surface area contributed by atoms with Crippen LogP contribution in [-0.2, 0) is 26.2 Å². The summed E-state index contributed by atoms with van der Waals surface area (Å²) in [6, 6.07) is 11.3. The summed E-state index contributed by atoms with van der Waals surface area (Å²) in [7, 11) is -1.68. The summed E-state index contributed by atoms with van der Waals surface area (Å²) >= 11 is 0. The lowest BCUT2D eigenvalue weighted by Gasteiger charge is -2.31. The first-order valence-corrected chi connectivity index (χ1v) is 21.9. The Morgan fingerprint density at radius 3 is 1.33 bits per heavy atom. The first kappa shape index (κ1) is 45.6. The van der Waals surface area contributed by atoms with Gasteiger partial charge in [0.2, 0.25) is 0 Å². The fourth-order valence-electron chi connectivity index (χ4n) is 6.56. The molecule has 2 aromatic carbocycles. The molecule has 0 radical (unpaired) electrons. The predicted molar refractivity (Wildman–Crippen MR) is 226 cm³/mol. The minimum atomic E-state index is -1.68. The van der Waals surface area contributed by atoms with Crippen LogP contribution in [0.4, 0.5) is 0 Å². The molecule has 1 unspecified atom stereocenters. The van der Waals surface area contributed by atoms with Crippen molar-refractivity contribution in [3.63, 3.8) is 0 Å². The lowest BCUT2D eigenvalue weighted by molar-refractivity contribution is 0.255. The zero-order chi connectivity index (χ0) is 38.3. The van der Waals surface area contributed by atoms with Gasteiger partial charge in [0, 0.05) is 11.1 Å². The molecule has 0 amide bonds. The molecule has 1 atom stereocenters. The summed E-state index contributed by atoms with van der Waals surface area (Å²) in [6.07, 6.45) is 21.7. The van der Waals surface area contributed by atoms with Crippen molar-refractivity contribution in [3.8, 4) is 11.5 Å². The van der Waals surface area contributed by atoms with E-state index in [0.29, 0.717) is 6.61 Å². The van der Waals surface area contributed by atoms with Crippen molar-refractivity contribution in [1.29, 1.82) is 0 Å². The molecule has 0 saturated heterocycles. The number of benzene rings is 2. The standard InChI is InChI=1S/C47H81O3P/c1-15-16-17-18-19-20-21-22-23-24-25-26-27-28-29-30-33-48-51(49-42-32-31-38(44(3,4)5)35-40(42)46(9,10)11)50-43-37(2)34-39(45(6,7)8)36-41(43)47(12,13)14/h31-32,34-36H,15-30,33H2,1-14H3. The van der Waals surface area contributed by atoms with Gasteiger partial charge in [-0.15, -0.1) is 0 Å². The van der Waals surface area contributed by atoms with Crippen molar-refractivity contribution in [2.75, 3.05) is 6.61 Å². The summed E-state index contributed by atoms with van der Waals surface area (Å²) < 4.78 is 20.3. The summed E-state index contributed by atoms with van der Waals surface area (Å²) in [5, 5.41) is 0. The third kappa shape index (κ3) is 17.0. The molecular weight excluding hydrogens is 643 g/mol. The topological polar surface area (TPSA) is 27.7 Å². The Morgan fingerprint density at radius 1 is 0.471 bits per heavy atom. The second kappa shape index (κ2) is 21.4. The lowest BCUT2D eigenvalue weighted by Crippen LogP contribution is -2.19. The molecule has 0 bridgehead atoms. The molecule has 0 N–H and O–H groups in total. The maximum atomic E-state index is 6.89. The number of hydrogen-bond donors (Lipinski definition) is 0. The Labute approximate surface area is 318 Å². The molecule has 2 aromatic rings. The van der Waals surface area contributed by atoms with Gasteiger partial charge in [0.1, 0.15) is 11.5 Å². The van der Waals surface area contributed by atoms with Crippen LogP contribution in [0.2, 0.25) is 0 Å². The van der Waals surface area contributed by atoms with Crippen molar-refractivity contribution in [2.24, 2.45) is 0 Å². The molecule has 3 nitrogen and oxygen atoms in total. The van der Waals surface area contributed by atoms with Crippen LogP contribution >= 0.6 is 8.60 Å². The minimum Gasteiger partial charge on any atom is -0.417 e. The second-order valence-corrected chi connectivity index (χ2v) is 20.5. The van der Waals surface area contributed by atoms with Crippen LogP contribution < -0.4 is 9.05 Å². The van der Waals surface area contributed by atoms with E-state index < -0.39 is 8.60 Å². The molecule has 0 aliphatic carbocycles. The van der Waals surface area contributed by atoms with Crippen molar-refractivity contribution >= 4 is 8.60 Å². The Hall–Kier alpha value is -1.57. The van der Waals surface area contributed by atoms with E-state index in [2.05, 4.69) is 127 Å². The van der Waals surface area contributed by atoms with E-state index in [1.165, 1.54) is 119 Å². The molecule has 0 fully saturated rings. The van der Waals surface area contributed by atoms with Crippen molar-refractivity contribution in [3.05, 3.63) is 58.1 Å². The van der Waals surface area contributed by atoms with Gasteiger partial charge in [0.25, 0.3) is 0 Å². The molecule has 0 spiro atoms. The fraction of sp³-hybridized carbons (Fsp3) is 0.745. The highest BCUT2D eigenvalue weighted by molar-refractivity contribution is 7.42. The van der Waals surface area contributed by atoms with E-state index in [1.807, 2.05) is 0 Å². The molecule has 0 aromatic heterocycles. The third-order valence-electron chi connectivity index (χ3n) is 10.1. The maximum absolute atomic E-state index is 6.89. The number of hydrogen-bond acceptors (Lipinski definition) is 3. The highest BCUT2D eigenvalue weighted by Gasteiger charge is 2.30. The van der Waals surface area contributed by atoms with Gasteiger partial charge in [0.05, 0.1) is 6.61 Å². The molecule has 2 rings (SSSR count). The SMILES string of the molecule is CCCCCCCCCCCCCCCCCCOP(Oc1ccc(C(C)(C)C)cc1C(C)(C)C)Oc1c(C)cc(C(C)(C)C)cc1C(C)(C)C. The van der Waals surface area contributed by atoms with E-state index in [9.17, 15) is 0 Å². The quantitative estimate of drug-likeness (QED) is 0.0894. The molecule has 292 valence electrons. The Bertz CT molecular complexity index is 1270. The van der Waals surface area contributed by atoms with Crippen LogP contribution in [-0.4, -0.2) is 6.61 Å². The number of rotatable bonds is 22. The lowest BCUT2D eigenvalue weighted by atomic mass is 9.79. The zero-order valence-electron chi connectivity index (χ0n) is 36.1. The summed E-state index contributed by atoms with van der Waals surface area (Å²) in [5.41, 5.74) is 6.07. The van der Waals surface area contributed by atoms with Gasteiger partial charge in [0.15, 0.2) is 0 Å². The first-order chi connectivity index (χ1) is 23.7. The molecule has 4 heteroatoms. The Balaban J connectivity index is 2.07. The van der Waals surface area contributed by atoms with Gasteiger partial charge < -0.3 is 9.05 Å². The largest absolute Gasteiger partial charge is 0.463 e. The smallest absolute Gasteiger partial charge is 0.417 e. The molecule has 51 heavy (non-hydrogen) atoms. The van der Waals surface area contributed by atoms with Crippen LogP contribution in [0, 0.1) is 6.92 Å². The van der Waals surface area contributed by atoms with E-state index in [1.54, 1.807) is 0 Å². The molecule has 0 heterocycles. The molecule has 0 aliphatic heterocycles. The van der Waals surface area contributed by atoms with Gasteiger partial charge >= 0.3 is 8.60 Å². The van der Waals surface area contributed by atoms with E-state index in [4.69, 9.17) is 13.6 Å². The average molecular weight is 725 g/mol. The highest BCUT2D eigenvalue weighted by atomic mass is 31.2. The normalized spacial score (nSPS) is 13.5. The van der Waals surface area contributed by atoms with Crippen LogP contribution in [0.1, 0.15) is 221 Å². The number of unbranched alkanes of at least 4 members (excludes halogenated alkanes) is 15. The number of aryl methyl sites for hydroxylation is 1. The summed E-state index contributed by atoms with van der Waals surface area (Å²) in [6.45, 7) is 32.3. The van der Waals surface area contributed by atoms with E-state index >= 15 is 0 Å². The van der Waals surface area contributed by atoms with Gasteiger partial charge in [-0.05, 0) is 57.8 Å².